The summed E-state index contributed by atoms with van der Waals surface area (Å²) in [5.74, 6) is 1.22. The van der Waals surface area contributed by atoms with Crippen LogP contribution in [0.4, 0.5) is 0 Å². The van der Waals surface area contributed by atoms with Gasteiger partial charge >= 0.3 is 5.97 Å². The maximum absolute atomic E-state index is 11.4. The number of ether oxygens (including phenoxy) is 1. The Hall–Kier alpha value is -0.180. The standard InChI is InChI=1S/C13H24O2S/c1-15-12(14)11-13(7-3-4-8-13)9-5-6-10-16-2/h3-11H2,1-2H3. The first-order valence-electron chi connectivity index (χ1n) is 6.28. The van der Waals surface area contributed by atoms with Gasteiger partial charge in [0.2, 0.25) is 0 Å². The zero-order valence-electron chi connectivity index (χ0n) is 10.6. The molecule has 0 radical (unpaired) electrons. The Morgan fingerprint density at radius 3 is 2.56 bits per heavy atom. The number of hydrogen-bond acceptors (Lipinski definition) is 3. The van der Waals surface area contributed by atoms with Crippen molar-refractivity contribution in [3.05, 3.63) is 0 Å². The quantitative estimate of drug-likeness (QED) is 0.505. The van der Waals surface area contributed by atoms with Crippen LogP contribution in [0.1, 0.15) is 51.4 Å². The molecule has 0 atom stereocenters. The van der Waals surface area contributed by atoms with E-state index in [1.165, 1.54) is 57.8 Å². The van der Waals surface area contributed by atoms with Crippen LogP contribution >= 0.6 is 11.8 Å². The minimum absolute atomic E-state index is 0.0215. The van der Waals surface area contributed by atoms with E-state index in [0.717, 1.165) is 0 Å². The van der Waals surface area contributed by atoms with Crippen molar-refractivity contribution in [1.29, 1.82) is 0 Å². The molecule has 94 valence electrons. The van der Waals surface area contributed by atoms with Crippen molar-refractivity contribution in [2.45, 2.75) is 51.4 Å². The second-order valence-electron chi connectivity index (χ2n) is 4.91. The number of carbonyl (C=O) groups excluding carboxylic acids is 1. The maximum atomic E-state index is 11.4. The van der Waals surface area contributed by atoms with Crippen molar-refractivity contribution in [2.24, 2.45) is 5.41 Å². The molecule has 1 fully saturated rings. The van der Waals surface area contributed by atoms with Crippen LogP contribution in [0, 0.1) is 5.41 Å². The molecule has 3 heteroatoms. The molecule has 1 saturated carbocycles. The van der Waals surface area contributed by atoms with E-state index in [-0.39, 0.29) is 11.4 Å². The summed E-state index contributed by atoms with van der Waals surface area (Å²) in [6, 6.07) is 0. The number of hydrogen-bond donors (Lipinski definition) is 0. The van der Waals surface area contributed by atoms with E-state index in [9.17, 15) is 4.79 Å². The number of thioether (sulfide) groups is 1. The summed E-state index contributed by atoms with van der Waals surface area (Å²) in [6.45, 7) is 0. The molecule has 0 bridgehead atoms. The molecule has 2 nitrogen and oxygen atoms in total. The van der Waals surface area contributed by atoms with Gasteiger partial charge in [-0.1, -0.05) is 19.3 Å². The zero-order chi connectivity index (χ0) is 11.9. The molecule has 0 aromatic heterocycles. The Bertz CT molecular complexity index is 210. The smallest absolute Gasteiger partial charge is 0.306 e. The highest BCUT2D eigenvalue weighted by molar-refractivity contribution is 7.98. The second kappa shape index (κ2) is 7.21. The first-order chi connectivity index (χ1) is 7.72. The first-order valence-corrected chi connectivity index (χ1v) is 7.68. The molecule has 0 saturated heterocycles. The summed E-state index contributed by atoms with van der Waals surface area (Å²) in [4.78, 5) is 11.4. The van der Waals surface area contributed by atoms with Crippen LogP contribution in [0.15, 0.2) is 0 Å². The van der Waals surface area contributed by atoms with Crippen LogP contribution in [-0.4, -0.2) is 25.1 Å². The van der Waals surface area contributed by atoms with Crippen molar-refractivity contribution >= 4 is 17.7 Å². The summed E-state index contributed by atoms with van der Waals surface area (Å²) >= 11 is 1.91. The largest absolute Gasteiger partial charge is 0.469 e. The van der Waals surface area contributed by atoms with Crippen molar-refractivity contribution in [1.82, 2.24) is 0 Å². The minimum Gasteiger partial charge on any atom is -0.469 e. The monoisotopic (exact) mass is 244 g/mol. The average molecular weight is 244 g/mol. The molecule has 0 amide bonds. The SMILES string of the molecule is COC(=O)CC1(CCCCSC)CCCC1. The van der Waals surface area contributed by atoms with E-state index < -0.39 is 0 Å². The minimum atomic E-state index is -0.0215. The number of rotatable bonds is 7. The summed E-state index contributed by atoms with van der Waals surface area (Å²) in [5, 5.41) is 0. The highest BCUT2D eigenvalue weighted by atomic mass is 32.2. The number of carbonyl (C=O) groups is 1. The Labute approximate surface area is 104 Å². The van der Waals surface area contributed by atoms with Gasteiger partial charge in [0.1, 0.15) is 0 Å². The fraction of sp³-hybridized carbons (Fsp3) is 0.923. The van der Waals surface area contributed by atoms with Crippen molar-refractivity contribution in [3.63, 3.8) is 0 Å². The zero-order valence-corrected chi connectivity index (χ0v) is 11.4. The molecule has 0 heterocycles. The van der Waals surface area contributed by atoms with Gasteiger partial charge in [-0.3, -0.25) is 4.79 Å². The van der Waals surface area contributed by atoms with E-state index in [2.05, 4.69) is 6.26 Å². The van der Waals surface area contributed by atoms with Gasteiger partial charge in [0.15, 0.2) is 0 Å². The lowest BCUT2D eigenvalue weighted by Crippen LogP contribution is -2.22. The lowest BCUT2D eigenvalue weighted by molar-refractivity contribution is -0.143. The molecule has 1 aliphatic rings. The first kappa shape index (κ1) is 13.9. The molecular formula is C13H24O2S. The summed E-state index contributed by atoms with van der Waals surface area (Å²) in [5.41, 5.74) is 0.283. The molecule has 0 unspecified atom stereocenters. The molecule has 0 N–H and O–H groups in total. The third kappa shape index (κ3) is 4.36. The van der Waals surface area contributed by atoms with Gasteiger partial charge < -0.3 is 4.74 Å². The number of unbranched alkanes of at least 4 members (excludes halogenated alkanes) is 1. The lowest BCUT2D eigenvalue weighted by atomic mass is 9.78. The topological polar surface area (TPSA) is 26.3 Å². The van der Waals surface area contributed by atoms with Gasteiger partial charge in [0.25, 0.3) is 0 Å². The van der Waals surface area contributed by atoms with Gasteiger partial charge in [0, 0.05) is 0 Å². The van der Waals surface area contributed by atoms with E-state index >= 15 is 0 Å². The van der Waals surface area contributed by atoms with Crippen LogP contribution in [0.5, 0.6) is 0 Å². The fourth-order valence-electron chi connectivity index (χ4n) is 2.76. The average Bonchev–Trinajstić information content (AvgIpc) is 2.73. The predicted molar refractivity (Wildman–Crippen MR) is 69.8 cm³/mol. The summed E-state index contributed by atoms with van der Waals surface area (Å²) in [7, 11) is 1.50. The lowest BCUT2D eigenvalue weighted by Gasteiger charge is -2.27. The van der Waals surface area contributed by atoms with E-state index in [0.29, 0.717) is 6.42 Å². The van der Waals surface area contributed by atoms with Crippen molar-refractivity contribution < 1.29 is 9.53 Å². The van der Waals surface area contributed by atoms with Crippen LogP contribution in [-0.2, 0) is 9.53 Å². The van der Waals surface area contributed by atoms with Crippen LogP contribution in [0.3, 0.4) is 0 Å². The third-order valence-corrected chi connectivity index (χ3v) is 4.41. The Morgan fingerprint density at radius 2 is 2.00 bits per heavy atom. The van der Waals surface area contributed by atoms with Crippen molar-refractivity contribution in [2.75, 3.05) is 19.1 Å². The van der Waals surface area contributed by atoms with Gasteiger partial charge in [-0.2, -0.15) is 11.8 Å². The number of esters is 1. The summed E-state index contributed by atoms with van der Waals surface area (Å²) < 4.78 is 4.82. The van der Waals surface area contributed by atoms with Gasteiger partial charge in [-0.15, -0.1) is 0 Å². The van der Waals surface area contributed by atoms with Gasteiger partial charge in [-0.25, -0.2) is 0 Å². The van der Waals surface area contributed by atoms with Gasteiger partial charge in [0.05, 0.1) is 13.5 Å². The highest BCUT2D eigenvalue weighted by Gasteiger charge is 2.35. The summed E-state index contributed by atoms with van der Waals surface area (Å²) in [6.07, 6.45) is 11.6. The van der Waals surface area contributed by atoms with E-state index in [1.54, 1.807) is 0 Å². The second-order valence-corrected chi connectivity index (χ2v) is 5.90. The predicted octanol–water partition coefficient (Wildman–Crippen LogP) is 3.64. The van der Waals surface area contributed by atoms with Gasteiger partial charge in [-0.05, 0) is 43.1 Å². The van der Waals surface area contributed by atoms with Crippen molar-refractivity contribution in [3.8, 4) is 0 Å². The Balaban J connectivity index is 2.36. The van der Waals surface area contributed by atoms with Crippen LogP contribution < -0.4 is 0 Å². The molecule has 0 spiro atoms. The third-order valence-electron chi connectivity index (χ3n) is 3.72. The molecule has 1 aliphatic carbocycles. The molecule has 0 aromatic carbocycles. The molecule has 0 aromatic rings. The fourth-order valence-corrected chi connectivity index (χ4v) is 3.26. The molecular weight excluding hydrogens is 220 g/mol. The van der Waals surface area contributed by atoms with E-state index in [1.807, 2.05) is 11.8 Å². The van der Waals surface area contributed by atoms with E-state index in [4.69, 9.17) is 4.74 Å². The maximum Gasteiger partial charge on any atom is 0.306 e. The Kier molecular flexibility index (Phi) is 6.25. The molecule has 1 rings (SSSR count). The normalized spacial score (nSPS) is 18.6. The molecule has 16 heavy (non-hydrogen) atoms. The number of methoxy groups -OCH3 is 1. The van der Waals surface area contributed by atoms with Crippen LogP contribution in [0.2, 0.25) is 0 Å². The Morgan fingerprint density at radius 1 is 1.31 bits per heavy atom. The highest BCUT2D eigenvalue weighted by Crippen LogP contribution is 2.45. The van der Waals surface area contributed by atoms with Crippen LogP contribution in [0.25, 0.3) is 0 Å². The molecule has 0 aliphatic heterocycles.